The van der Waals surface area contributed by atoms with E-state index in [1.807, 2.05) is 0 Å². The lowest BCUT2D eigenvalue weighted by molar-refractivity contribution is 0.105. The smallest absolute Gasteiger partial charge is 0.430 e. The van der Waals surface area contributed by atoms with Gasteiger partial charge in [0.15, 0.2) is 0 Å². The van der Waals surface area contributed by atoms with Crippen molar-refractivity contribution in [2.45, 2.75) is 37.5 Å². The largest absolute Gasteiger partial charge is 0.513 e. The average Bonchev–Trinajstić information content (AvgIpc) is 2.51. The van der Waals surface area contributed by atoms with E-state index in [9.17, 15) is 13.2 Å². The maximum absolute atomic E-state index is 11.7. The third-order valence-corrected chi connectivity index (χ3v) is 7.64. The summed E-state index contributed by atoms with van der Waals surface area (Å²) in [5, 5.41) is 0. The lowest BCUT2D eigenvalue weighted by Gasteiger charge is -2.17. The van der Waals surface area contributed by atoms with E-state index in [0.717, 1.165) is 18.3 Å². The van der Waals surface area contributed by atoms with Crippen molar-refractivity contribution in [2.75, 3.05) is 32.3 Å². The summed E-state index contributed by atoms with van der Waals surface area (Å²) in [4.78, 5) is 11.4. The molecule has 1 rings (SSSR count). The van der Waals surface area contributed by atoms with Crippen LogP contribution in [0.4, 0.5) is 4.79 Å². The third kappa shape index (κ3) is 9.19. The summed E-state index contributed by atoms with van der Waals surface area (Å²) in [5.74, 6) is 0.158. The van der Waals surface area contributed by atoms with Crippen LogP contribution < -0.4 is 4.74 Å². The normalized spacial score (nSPS) is 12.0. The summed E-state index contributed by atoms with van der Waals surface area (Å²) in [5.41, 5.74) is 0. The Morgan fingerprint density at radius 1 is 1.08 bits per heavy atom. The molecule has 25 heavy (non-hydrogen) atoms. The monoisotopic (exact) mass is 391 g/mol. The van der Waals surface area contributed by atoms with E-state index in [1.165, 1.54) is 44.0 Å². The van der Waals surface area contributed by atoms with Crippen LogP contribution >= 0.6 is 7.26 Å². The van der Waals surface area contributed by atoms with Gasteiger partial charge in [0.05, 0.1) is 17.2 Å². The van der Waals surface area contributed by atoms with Crippen LogP contribution in [-0.2, 0) is 14.9 Å². The number of carbonyl (C=O) groups is 1. The fourth-order valence-electron chi connectivity index (χ4n) is 2.26. The molecule has 142 valence electrons. The summed E-state index contributed by atoms with van der Waals surface area (Å²) in [6, 6.07) is 4.88. The van der Waals surface area contributed by atoms with Crippen LogP contribution in [0.3, 0.4) is 0 Å². The summed E-state index contributed by atoms with van der Waals surface area (Å²) in [6.07, 6.45) is 6.20. The highest BCUT2D eigenvalue weighted by Crippen LogP contribution is 2.51. The van der Waals surface area contributed by atoms with E-state index in [-0.39, 0.29) is 10.6 Å². The Labute approximate surface area is 151 Å². The Hall–Kier alpha value is -1.17. The predicted molar refractivity (Wildman–Crippen MR) is 101 cm³/mol. The molecule has 0 amide bonds. The molecular formula is C17H28O6PS+. The van der Waals surface area contributed by atoms with Crippen LogP contribution in [0.25, 0.3) is 0 Å². The summed E-state index contributed by atoms with van der Waals surface area (Å²) >= 11 is 0. The van der Waals surface area contributed by atoms with E-state index < -0.39 is 23.5 Å². The van der Waals surface area contributed by atoms with Crippen molar-refractivity contribution in [3.05, 3.63) is 24.3 Å². The molecule has 0 fully saturated rings. The Balaban J connectivity index is 2.35. The lowest BCUT2D eigenvalue weighted by atomic mass is 10.2. The topological polar surface area (TPSA) is 89.9 Å². The minimum Gasteiger partial charge on any atom is -0.430 e. The highest BCUT2D eigenvalue weighted by atomic mass is 32.2. The van der Waals surface area contributed by atoms with Crippen molar-refractivity contribution in [1.29, 1.82) is 0 Å². The van der Waals surface area contributed by atoms with Crippen LogP contribution in [-0.4, -0.2) is 51.4 Å². The molecule has 0 aliphatic carbocycles. The molecule has 0 aliphatic rings. The van der Waals surface area contributed by atoms with E-state index in [2.05, 4.69) is 20.3 Å². The van der Waals surface area contributed by atoms with Gasteiger partial charge in [0, 0.05) is 20.6 Å². The van der Waals surface area contributed by atoms with Gasteiger partial charge in [-0.05, 0) is 37.1 Å². The molecule has 0 unspecified atom stereocenters. The molecule has 6 nitrogen and oxygen atoms in total. The number of hydrogen-bond donors (Lipinski definition) is 1. The molecule has 0 aromatic heterocycles. The first kappa shape index (κ1) is 21.9. The first-order valence-electron chi connectivity index (χ1n) is 8.38. The number of rotatable bonds is 10. The van der Waals surface area contributed by atoms with Gasteiger partial charge in [0.1, 0.15) is 12.4 Å². The number of ether oxygens (including phenoxy) is 2. The van der Waals surface area contributed by atoms with Crippen LogP contribution in [0, 0.1) is 0 Å². The second-order valence-corrected chi connectivity index (χ2v) is 12.8. The van der Waals surface area contributed by atoms with Crippen molar-refractivity contribution < 1.29 is 27.2 Å². The average molecular weight is 391 g/mol. The quantitative estimate of drug-likeness (QED) is 0.210. The van der Waals surface area contributed by atoms with E-state index >= 15 is 0 Å². The molecule has 0 saturated carbocycles. The van der Waals surface area contributed by atoms with Crippen LogP contribution in [0.2, 0.25) is 0 Å². The van der Waals surface area contributed by atoms with Gasteiger partial charge in [-0.1, -0.05) is 19.8 Å². The number of benzene rings is 1. The van der Waals surface area contributed by atoms with E-state index in [4.69, 9.17) is 14.0 Å². The number of hydrogen-bond acceptors (Lipinski definition) is 5. The van der Waals surface area contributed by atoms with Gasteiger partial charge >= 0.3 is 6.16 Å². The van der Waals surface area contributed by atoms with Crippen LogP contribution in [0.1, 0.15) is 32.6 Å². The van der Waals surface area contributed by atoms with Gasteiger partial charge in [0.25, 0.3) is 10.1 Å². The summed E-state index contributed by atoms with van der Waals surface area (Å²) in [6.45, 7) is 7.04. The zero-order chi connectivity index (χ0) is 18.9. The second-order valence-electron chi connectivity index (χ2n) is 6.59. The van der Waals surface area contributed by atoms with Crippen LogP contribution in [0.5, 0.6) is 5.75 Å². The molecule has 0 heterocycles. The minimum absolute atomic E-state index is 0.158. The number of carbonyl (C=O) groups excluding carboxylic acids is 1. The SMILES string of the molecule is CCCCCC[P+](C)(C)CCOC(=O)Oc1ccc(S(=O)(=O)O)cc1. The minimum atomic E-state index is -4.26. The lowest BCUT2D eigenvalue weighted by Crippen LogP contribution is -2.15. The zero-order valence-electron chi connectivity index (χ0n) is 15.1. The van der Waals surface area contributed by atoms with E-state index in [0.29, 0.717) is 6.61 Å². The zero-order valence-corrected chi connectivity index (χ0v) is 16.8. The standard InChI is InChI=1S/C17H27O6PS/c1-4-5-6-7-13-24(2,3)14-12-22-17(18)23-15-8-10-16(11-9-15)25(19,20)21/h8-11H,4-7,12-14H2,1-3H3/p+1. The van der Waals surface area contributed by atoms with Crippen LogP contribution in [0.15, 0.2) is 29.2 Å². The Kier molecular flexibility index (Phi) is 8.83. The first-order chi connectivity index (χ1) is 11.6. The highest BCUT2D eigenvalue weighted by Gasteiger charge is 2.24. The van der Waals surface area contributed by atoms with Gasteiger partial charge in [-0.15, -0.1) is 0 Å². The Morgan fingerprint density at radius 2 is 1.72 bits per heavy atom. The van der Waals surface area contributed by atoms with Gasteiger partial charge in [-0.3, -0.25) is 4.55 Å². The molecule has 0 radical (unpaired) electrons. The maximum Gasteiger partial charge on any atom is 0.513 e. The van der Waals surface area contributed by atoms with E-state index in [1.54, 1.807) is 0 Å². The highest BCUT2D eigenvalue weighted by molar-refractivity contribution is 7.85. The second kappa shape index (κ2) is 10.1. The molecule has 1 N–H and O–H groups in total. The fourth-order valence-corrected chi connectivity index (χ4v) is 4.63. The molecule has 1 aromatic carbocycles. The van der Waals surface area contributed by atoms with Gasteiger partial charge in [-0.25, -0.2) is 4.79 Å². The summed E-state index contributed by atoms with van der Waals surface area (Å²) < 4.78 is 40.9. The molecule has 0 saturated heterocycles. The first-order valence-corrected chi connectivity index (χ1v) is 12.9. The summed E-state index contributed by atoms with van der Waals surface area (Å²) in [7, 11) is -5.33. The molecule has 0 bridgehead atoms. The maximum atomic E-state index is 11.7. The fraction of sp³-hybridized carbons (Fsp3) is 0.588. The van der Waals surface area contributed by atoms with Gasteiger partial charge < -0.3 is 9.47 Å². The van der Waals surface area contributed by atoms with Gasteiger partial charge in [0.2, 0.25) is 0 Å². The predicted octanol–water partition coefficient (Wildman–Crippen LogP) is 4.31. The molecular weight excluding hydrogens is 363 g/mol. The Morgan fingerprint density at radius 3 is 2.28 bits per heavy atom. The number of unbranched alkanes of at least 4 members (excludes halogenated alkanes) is 3. The molecule has 0 spiro atoms. The molecule has 0 aliphatic heterocycles. The van der Waals surface area contributed by atoms with Crippen molar-refractivity contribution >= 4 is 23.5 Å². The molecule has 0 atom stereocenters. The molecule has 8 heteroatoms. The molecule has 1 aromatic rings. The van der Waals surface area contributed by atoms with Crippen molar-refractivity contribution in [2.24, 2.45) is 0 Å². The van der Waals surface area contributed by atoms with Crippen molar-refractivity contribution in [3.63, 3.8) is 0 Å². The third-order valence-electron chi connectivity index (χ3n) is 3.86. The Bertz CT molecular complexity index is 640. The van der Waals surface area contributed by atoms with Crippen molar-refractivity contribution in [1.82, 2.24) is 0 Å². The van der Waals surface area contributed by atoms with Gasteiger partial charge in [-0.2, -0.15) is 8.42 Å². The van der Waals surface area contributed by atoms with Crippen molar-refractivity contribution in [3.8, 4) is 5.75 Å².